The van der Waals surface area contributed by atoms with E-state index < -0.39 is 11.9 Å². The smallest absolute Gasteiger partial charge is 0.325 e. The molecule has 23 heavy (non-hydrogen) atoms. The topological polar surface area (TPSA) is 90.7 Å². The number of nitrogens with one attached hydrogen (secondary N) is 1. The Hall–Kier alpha value is -2.83. The van der Waals surface area contributed by atoms with Gasteiger partial charge in [-0.15, -0.1) is 0 Å². The van der Waals surface area contributed by atoms with Crippen LogP contribution in [-0.4, -0.2) is 30.7 Å². The van der Waals surface area contributed by atoms with Crippen molar-refractivity contribution in [3.8, 4) is 5.75 Å². The van der Waals surface area contributed by atoms with Crippen LogP contribution in [0, 0.1) is 13.8 Å². The third-order valence-electron chi connectivity index (χ3n) is 3.31. The minimum Gasteiger partial charge on any atom is -0.488 e. The molecule has 0 aliphatic carbocycles. The Balaban J connectivity index is 2.08. The second-order valence-corrected chi connectivity index (χ2v) is 4.85. The van der Waals surface area contributed by atoms with Gasteiger partial charge in [-0.25, -0.2) is 0 Å². The molecule has 2 rings (SSSR count). The number of esters is 1. The molecule has 0 aliphatic heterocycles. The van der Waals surface area contributed by atoms with E-state index >= 15 is 0 Å². The molecule has 7 nitrogen and oxygen atoms in total. The van der Waals surface area contributed by atoms with Crippen LogP contribution in [0.25, 0.3) is 0 Å². The number of amides is 1. The summed E-state index contributed by atoms with van der Waals surface area (Å²) in [5.41, 5.74) is 1.92. The maximum atomic E-state index is 12.2. The largest absolute Gasteiger partial charge is 0.488 e. The first-order valence-electron chi connectivity index (χ1n) is 7.01. The lowest BCUT2D eigenvalue weighted by molar-refractivity contribution is -0.139. The number of nitrogens with zero attached hydrogens (tertiary/aromatic N) is 1. The highest BCUT2D eigenvalue weighted by Gasteiger charge is 2.15. The highest BCUT2D eigenvalue weighted by molar-refractivity contribution is 5.98. The average molecular weight is 318 g/mol. The molecule has 1 aromatic heterocycles. The molecule has 0 unspecified atom stereocenters. The standard InChI is InChI=1S/C16H18N2O5/c1-10-13(11(2)23-18-10)9-22-14-7-5-4-6-12(14)16(20)17-8-15(19)21-3/h4-7H,8-9H2,1-3H3,(H,17,20). The average Bonchev–Trinajstić information content (AvgIpc) is 2.89. The Kier molecular flexibility index (Phi) is 5.35. The number of para-hydroxylation sites is 1. The van der Waals surface area contributed by atoms with Crippen molar-refractivity contribution >= 4 is 11.9 Å². The van der Waals surface area contributed by atoms with E-state index in [-0.39, 0.29) is 13.2 Å². The van der Waals surface area contributed by atoms with E-state index in [1.165, 1.54) is 7.11 Å². The van der Waals surface area contributed by atoms with Gasteiger partial charge in [0.25, 0.3) is 5.91 Å². The fourth-order valence-electron chi connectivity index (χ4n) is 1.96. The molecule has 1 heterocycles. The summed E-state index contributed by atoms with van der Waals surface area (Å²) in [5.74, 6) is 0.155. The summed E-state index contributed by atoms with van der Waals surface area (Å²) in [6.07, 6.45) is 0. The molecule has 2 aromatic rings. The van der Waals surface area contributed by atoms with Gasteiger partial charge < -0.3 is 19.3 Å². The van der Waals surface area contributed by atoms with Crippen molar-refractivity contribution < 1.29 is 23.6 Å². The predicted octanol–water partition coefficient (Wildman–Crippen LogP) is 1.77. The van der Waals surface area contributed by atoms with Gasteiger partial charge in [-0.3, -0.25) is 9.59 Å². The Morgan fingerprint density at radius 2 is 2.00 bits per heavy atom. The Bertz CT molecular complexity index is 689. The van der Waals surface area contributed by atoms with Crippen LogP contribution in [0.15, 0.2) is 28.8 Å². The normalized spacial score (nSPS) is 10.2. The fraction of sp³-hybridized carbons (Fsp3) is 0.312. The molecule has 0 bridgehead atoms. The number of hydrogen-bond acceptors (Lipinski definition) is 6. The Labute approximate surface area is 133 Å². The van der Waals surface area contributed by atoms with Gasteiger partial charge in [-0.2, -0.15) is 0 Å². The molecule has 0 saturated heterocycles. The second kappa shape index (κ2) is 7.44. The number of ether oxygens (including phenoxy) is 2. The Morgan fingerprint density at radius 3 is 2.65 bits per heavy atom. The van der Waals surface area contributed by atoms with Crippen LogP contribution >= 0.6 is 0 Å². The fourth-order valence-corrected chi connectivity index (χ4v) is 1.96. The van der Waals surface area contributed by atoms with Crippen LogP contribution in [-0.2, 0) is 16.1 Å². The van der Waals surface area contributed by atoms with Gasteiger partial charge in [0, 0.05) is 0 Å². The number of aromatic nitrogens is 1. The number of methoxy groups -OCH3 is 1. The molecule has 0 spiro atoms. The summed E-state index contributed by atoms with van der Waals surface area (Å²) in [5, 5.41) is 6.34. The molecule has 0 atom stereocenters. The van der Waals surface area contributed by atoms with Crippen molar-refractivity contribution in [2.75, 3.05) is 13.7 Å². The first-order valence-corrected chi connectivity index (χ1v) is 7.01. The second-order valence-electron chi connectivity index (χ2n) is 4.85. The number of hydrogen-bond donors (Lipinski definition) is 1. The molecule has 0 aliphatic rings. The van der Waals surface area contributed by atoms with Gasteiger partial charge in [-0.1, -0.05) is 17.3 Å². The molecule has 0 saturated carbocycles. The highest BCUT2D eigenvalue weighted by atomic mass is 16.5. The zero-order valence-electron chi connectivity index (χ0n) is 13.2. The molecule has 0 radical (unpaired) electrons. The number of carbonyl (C=O) groups is 2. The molecule has 1 N–H and O–H groups in total. The predicted molar refractivity (Wildman–Crippen MR) is 81.1 cm³/mol. The monoisotopic (exact) mass is 318 g/mol. The van der Waals surface area contributed by atoms with Crippen LogP contribution < -0.4 is 10.1 Å². The molecule has 1 aromatic carbocycles. The summed E-state index contributed by atoms with van der Waals surface area (Å²) in [6.45, 7) is 3.66. The van der Waals surface area contributed by atoms with Crippen molar-refractivity contribution in [1.82, 2.24) is 10.5 Å². The minimum atomic E-state index is -0.521. The van der Waals surface area contributed by atoms with Crippen LogP contribution in [0.1, 0.15) is 27.4 Å². The summed E-state index contributed by atoms with van der Waals surface area (Å²) < 4.78 is 15.3. The van der Waals surface area contributed by atoms with Crippen molar-refractivity contribution in [2.24, 2.45) is 0 Å². The number of rotatable bonds is 6. The molecular weight excluding hydrogens is 300 g/mol. The van der Waals surface area contributed by atoms with Crippen LogP contribution in [0.3, 0.4) is 0 Å². The quantitative estimate of drug-likeness (QED) is 0.816. The number of carbonyl (C=O) groups excluding carboxylic acids is 2. The van der Waals surface area contributed by atoms with Gasteiger partial charge in [0.2, 0.25) is 0 Å². The summed E-state index contributed by atoms with van der Waals surface area (Å²) >= 11 is 0. The van der Waals surface area contributed by atoms with Crippen molar-refractivity contribution in [3.63, 3.8) is 0 Å². The van der Waals surface area contributed by atoms with E-state index in [1.807, 2.05) is 6.92 Å². The lowest BCUT2D eigenvalue weighted by Gasteiger charge is -2.11. The molecular formula is C16H18N2O5. The third kappa shape index (κ3) is 4.09. The molecule has 0 fully saturated rings. The first-order chi connectivity index (χ1) is 11.0. The molecule has 7 heteroatoms. The van der Waals surface area contributed by atoms with E-state index in [4.69, 9.17) is 9.26 Å². The zero-order chi connectivity index (χ0) is 16.8. The maximum absolute atomic E-state index is 12.2. The third-order valence-corrected chi connectivity index (χ3v) is 3.31. The van der Waals surface area contributed by atoms with E-state index in [0.29, 0.717) is 17.1 Å². The minimum absolute atomic E-state index is 0.201. The summed E-state index contributed by atoms with van der Waals surface area (Å²) in [4.78, 5) is 23.3. The SMILES string of the molecule is COC(=O)CNC(=O)c1ccccc1OCc1c(C)noc1C. The van der Waals surface area contributed by atoms with E-state index in [0.717, 1.165) is 11.3 Å². The number of aryl methyl sites for hydroxylation is 2. The van der Waals surface area contributed by atoms with Crippen LogP contribution in [0.2, 0.25) is 0 Å². The summed E-state index contributed by atoms with van der Waals surface area (Å²) in [6, 6.07) is 6.79. The van der Waals surface area contributed by atoms with Gasteiger partial charge in [-0.05, 0) is 26.0 Å². The van der Waals surface area contributed by atoms with Crippen molar-refractivity contribution in [3.05, 3.63) is 46.8 Å². The lowest BCUT2D eigenvalue weighted by Crippen LogP contribution is -2.30. The van der Waals surface area contributed by atoms with Crippen LogP contribution in [0.5, 0.6) is 5.75 Å². The molecule has 1 amide bonds. The van der Waals surface area contributed by atoms with Crippen molar-refractivity contribution in [1.29, 1.82) is 0 Å². The van der Waals surface area contributed by atoms with Gasteiger partial charge in [0.1, 0.15) is 24.7 Å². The van der Waals surface area contributed by atoms with Crippen molar-refractivity contribution in [2.45, 2.75) is 20.5 Å². The lowest BCUT2D eigenvalue weighted by atomic mass is 10.2. The van der Waals surface area contributed by atoms with Gasteiger partial charge in [0.05, 0.1) is 23.9 Å². The van der Waals surface area contributed by atoms with Gasteiger partial charge >= 0.3 is 5.97 Å². The zero-order valence-corrected chi connectivity index (χ0v) is 13.2. The van der Waals surface area contributed by atoms with Gasteiger partial charge in [0.15, 0.2) is 0 Å². The summed E-state index contributed by atoms with van der Waals surface area (Å²) in [7, 11) is 1.26. The molecule has 122 valence electrons. The van der Waals surface area contributed by atoms with E-state index in [2.05, 4.69) is 15.2 Å². The highest BCUT2D eigenvalue weighted by Crippen LogP contribution is 2.21. The number of benzene rings is 1. The van der Waals surface area contributed by atoms with Crippen LogP contribution in [0.4, 0.5) is 0 Å². The Morgan fingerprint density at radius 1 is 1.26 bits per heavy atom. The van der Waals surface area contributed by atoms with E-state index in [9.17, 15) is 9.59 Å². The van der Waals surface area contributed by atoms with E-state index in [1.54, 1.807) is 31.2 Å². The maximum Gasteiger partial charge on any atom is 0.325 e. The first kappa shape index (κ1) is 16.5.